The summed E-state index contributed by atoms with van der Waals surface area (Å²) in [5, 5.41) is 12.7. The van der Waals surface area contributed by atoms with Gasteiger partial charge in [-0.15, -0.1) is 0 Å². The van der Waals surface area contributed by atoms with Crippen LogP contribution >= 0.6 is 0 Å². The second kappa shape index (κ2) is 6.17. The summed E-state index contributed by atoms with van der Waals surface area (Å²) in [6.07, 6.45) is 4.75. The molecule has 0 aromatic carbocycles. The monoisotopic (exact) mass is 379 g/mol. The molecule has 1 aliphatic carbocycles. The first-order valence-corrected chi connectivity index (χ1v) is 9.91. The van der Waals surface area contributed by atoms with Crippen LogP contribution in [0.25, 0.3) is 0 Å². The largest absolute Gasteiger partial charge is 0.391 e. The minimum absolute atomic E-state index is 0.123. The van der Waals surface area contributed by atoms with E-state index in [1.54, 1.807) is 0 Å². The van der Waals surface area contributed by atoms with Crippen LogP contribution in [0.3, 0.4) is 0 Å². The Kier molecular flexibility index (Phi) is 3.84. The minimum Gasteiger partial charge on any atom is -0.391 e. The van der Waals surface area contributed by atoms with Gasteiger partial charge in [0.1, 0.15) is 17.5 Å². The molecule has 2 N–H and O–H groups in total. The lowest BCUT2D eigenvalue weighted by atomic mass is 10.0. The van der Waals surface area contributed by atoms with Crippen molar-refractivity contribution in [1.82, 2.24) is 9.97 Å². The molecule has 0 radical (unpaired) electrons. The van der Waals surface area contributed by atoms with E-state index >= 15 is 0 Å². The highest BCUT2D eigenvalue weighted by atomic mass is 16.3. The van der Waals surface area contributed by atoms with Crippen LogP contribution in [-0.4, -0.2) is 46.7 Å². The summed E-state index contributed by atoms with van der Waals surface area (Å²) in [5.74, 6) is 2.29. The van der Waals surface area contributed by atoms with Crippen LogP contribution in [-0.2, 0) is 10.2 Å². The first-order valence-electron chi connectivity index (χ1n) is 9.91. The third kappa shape index (κ3) is 2.90. The number of pyridine rings is 2. The number of hydrogen-bond acceptors (Lipinski definition) is 6. The summed E-state index contributed by atoms with van der Waals surface area (Å²) >= 11 is 0. The van der Waals surface area contributed by atoms with Crippen molar-refractivity contribution >= 4 is 29.0 Å². The third-order valence-electron chi connectivity index (χ3n) is 6.07. The molecule has 2 aliphatic heterocycles. The van der Waals surface area contributed by atoms with Gasteiger partial charge in [-0.25, -0.2) is 9.97 Å². The number of fused-ring (bicyclic) bond motifs is 2. The average Bonchev–Trinajstić information content (AvgIpc) is 3.17. The molecule has 146 valence electrons. The Balaban J connectivity index is 1.54. The van der Waals surface area contributed by atoms with Crippen molar-refractivity contribution in [3.05, 3.63) is 35.5 Å². The van der Waals surface area contributed by atoms with Gasteiger partial charge in [-0.3, -0.25) is 4.79 Å². The molecule has 7 nitrogen and oxygen atoms in total. The lowest BCUT2D eigenvalue weighted by molar-refractivity contribution is -0.114. The number of nitrogens with one attached hydrogen (secondary N) is 1. The summed E-state index contributed by atoms with van der Waals surface area (Å²) in [7, 11) is 0. The number of aryl methyl sites for hydroxylation is 1. The average molecular weight is 379 g/mol. The Labute approximate surface area is 164 Å². The van der Waals surface area contributed by atoms with Gasteiger partial charge in [0, 0.05) is 49.8 Å². The molecule has 5 rings (SSSR count). The molecule has 1 amide bonds. The molecule has 2 fully saturated rings. The van der Waals surface area contributed by atoms with Crippen LogP contribution in [0, 0.1) is 6.92 Å². The standard InChI is InChI=1S/C21H25N5O2/c1-13-7-19(25-6-3-15(28)11-25)24-20(8-13)26-12-21(4-5-21)16-10-22-18(9-17(16)26)23-14(2)27/h7-10,15,28H,3-6,11-12H2,1-2H3,(H,22,23,27). The van der Waals surface area contributed by atoms with Gasteiger partial charge in [0.15, 0.2) is 0 Å². The number of amides is 1. The summed E-state index contributed by atoms with van der Waals surface area (Å²) in [6.45, 7) is 5.93. The summed E-state index contributed by atoms with van der Waals surface area (Å²) < 4.78 is 0. The molecule has 7 heteroatoms. The number of anilines is 4. The van der Waals surface area contributed by atoms with Gasteiger partial charge < -0.3 is 20.2 Å². The third-order valence-corrected chi connectivity index (χ3v) is 6.07. The fraction of sp³-hybridized carbons (Fsp3) is 0.476. The molecular weight excluding hydrogens is 354 g/mol. The van der Waals surface area contributed by atoms with Gasteiger partial charge in [-0.1, -0.05) is 0 Å². The Morgan fingerprint density at radius 2 is 2.07 bits per heavy atom. The highest BCUT2D eigenvalue weighted by molar-refractivity contribution is 5.89. The number of aliphatic hydroxyl groups is 1. The fourth-order valence-electron chi connectivity index (χ4n) is 4.46. The Bertz CT molecular complexity index is 956. The van der Waals surface area contributed by atoms with E-state index in [9.17, 15) is 9.90 Å². The predicted molar refractivity (Wildman–Crippen MR) is 108 cm³/mol. The van der Waals surface area contributed by atoms with E-state index in [0.29, 0.717) is 12.4 Å². The number of aromatic nitrogens is 2. The van der Waals surface area contributed by atoms with Crippen molar-refractivity contribution in [2.75, 3.05) is 34.8 Å². The van der Waals surface area contributed by atoms with Gasteiger partial charge >= 0.3 is 0 Å². The van der Waals surface area contributed by atoms with E-state index in [1.807, 2.05) is 12.3 Å². The molecule has 1 unspecified atom stereocenters. The normalized spacial score (nSPS) is 21.9. The highest BCUT2D eigenvalue weighted by Crippen LogP contribution is 2.58. The zero-order valence-electron chi connectivity index (χ0n) is 16.3. The maximum atomic E-state index is 11.5. The molecule has 0 bridgehead atoms. The minimum atomic E-state index is -0.278. The molecule has 1 saturated heterocycles. The maximum absolute atomic E-state index is 11.5. The molecule has 4 heterocycles. The zero-order valence-corrected chi connectivity index (χ0v) is 16.3. The fourth-order valence-corrected chi connectivity index (χ4v) is 4.46. The number of rotatable bonds is 3. The number of carbonyl (C=O) groups excluding carboxylic acids is 1. The van der Waals surface area contributed by atoms with Crippen LogP contribution in [0.4, 0.5) is 23.1 Å². The summed E-state index contributed by atoms with van der Waals surface area (Å²) in [4.78, 5) is 25.3. The number of aliphatic hydroxyl groups excluding tert-OH is 1. The Morgan fingerprint density at radius 3 is 2.75 bits per heavy atom. The summed E-state index contributed by atoms with van der Waals surface area (Å²) in [6, 6.07) is 6.16. The van der Waals surface area contributed by atoms with E-state index in [4.69, 9.17) is 4.98 Å². The highest BCUT2D eigenvalue weighted by Gasteiger charge is 2.52. The SMILES string of the molecule is CC(=O)Nc1cc2c(cn1)C1(CC1)CN2c1cc(C)cc(N2CCC(O)C2)n1. The van der Waals surface area contributed by atoms with Gasteiger partial charge in [0.25, 0.3) is 0 Å². The number of carbonyl (C=O) groups is 1. The second-order valence-electron chi connectivity index (χ2n) is 8.38. The maximum Gasteiger partial charge on any atom is 0.222 e. The lowest BCUT2D eigenvalue weighted by Crippen LogP contribution is -2.24. The lowest BCUT2D eigenvalue weighted by Gasteiger charge is -2.23. The topological polar surface area (TPSA) is 81.6 Å². The Hall–Kier alpha value is -2.67. The quantitative estimate of drug-likeness (QED) is 0.853. The second-order valence-corrected chi connectivity index (χ2v) is 8.38. The smallest absolute Gasteiger partial charge is 0.222 e. The van der Waals surface area contributed by atoms with Crippen LogP contribution in [0.2, 0.25) is 0 Å². The Morgan fingerprint density at radius 1 is 1.29 bits per heavy atom. The van der Waals surface area contributed by atoms with Crippen molar-refractivity contribution < 1.29 is 9.90 Å². The molecular formula is C21H25N5O2. The van der Waals surface area contributed by atoms with Gasteiger partial charge in [0.05, 0.1) is 11.8 Å². The molecule has 1 atom stereocenters. The van der Waals surface area contributed by atoms with Crippen molar-refractivity contribution in [3.63, 3.8) is 0 Å². The molecule has 28 heavy (non-hydrogen) atoms. The van der Waals surface area contributed by atoms with Gasteiger partial charge in [-0.2, -0.15) is 0 Å². The number of β-amino-alcohol motifs (C(OH)–C–C–N with tert-alkyl or cyclic N) is 1. The van der Waals surface area contributed by atoms with Crippen molar-refractivity contribution in [1.29, 1.82) is 0 Å². The predicted octanol–water partition coefficient (Wildman–Crippen LogP) is 2.50. The van der Waals surface area contributed by atoms with E-state index < -0.39 is 0 Å². The summed E-state index contributed by atoms with van der Waals surface area (Å²) in [5.41, 5.74) is 3.66. The van der Waals surface area contributed by atoms with Gasteiger partial charge in [0.2, 0.25) is 5.91 Å². The van der Waals surface area contributed by atoms with Crippen LogP contribution in [0.5, 0.6) is 0 Å². The molecule has 2 aromatic rings. The molecule has 1 saturated carbocycles. The molecule has 1 spiro atoms. The molecule has 2 aromatic heterocycles. The van der Waals surface area contributed by atoms with E-state index in [-0.39, 0.29) is 17.4 Å². The first-order chi connectivity index (χ1) is 13.4. The first kappa shape index (κ1) is 17.4. The van der Waals surface area contributed by atoms with E-state index in [0.717, 1.165) is 55.2 Å². The van der Waals surface area contributed by atoms with Crippen LogP contribution < -0.4 is 15.1 Å². The zero-order chi connectivity index (χ0) is 19.5. The number of nitrogens with zero attached hydrogens (tertiary/aromatic N) is 4. The van der Waals surface area contributed by atoms with Crippen molar-refractivity contribution in [2.45, 2.75) is 44.6 Å². The number of hydrogen-bond donors (Lipinski definition) is 2. The van der Waals surface area contributed by atoms with E-state index in [2.05, 4.69) is 39.2 Å². The van der Waals surface area contributed by atoms with Crippen LogP contribution in [0.15, 0.2) is 24.4 Å². The van der Waals surface area contributed by atoms with Crippen molar-refractivity contribution in [3.8, 4) is 0 Å². The van der Waals surface area contributed by atoms with Crippen molar-refractivity contribution in [2.24, 2.45) is 0 Å². The molecule has 3 aliphatic rings. The van der Waals surface area contributed by atoms with Gasteiger partial charge in [-0.05, 0) is 43.9 Å². The van der Waals surface area contributed by atoms with Crippen LogP contribution in [0.1, 0.15) is 37.3 Å². The van der Waals surface area contributed by atoms with E-state index in [1.165, 1.54) is 12.5 Å².